The van der Waals surface area contributed by atoms with E-state index in [1.54, 1.807) is 12.1 Å². The van der Waals surface area contributed by atoms with Gasteiger partial charge in [-0.1, -0.05) is 18.2 Å². The Kier molecular flexibility index (Phi) is 4.80. The van der Waals surface area contributed by atoms with Crippen LogP contribution in [0.1, 0.15) is 21.6 Å². The number of alkyl halides is 3. The summed E-state index contributed by atoms with van der Waals surface area (Å²) in [6, 6.07) is 7.19. The molecule has 8 heteroatoms. The standard InChI is InChI=1S/C14H13F3N2O2S/c1-19-13(10(7-20)12(18-19)14(15,16)17)22-8-9-5-3-4-6-11(9)21-2/h3-7H,8H2,1-2H3. The van der Waals surface area contributed by atoms with Crippen molar-refractivity contribution in [1.82, 2.24) is 9.78 Å². The normalized spacial score (nSPS) is 11.5. The van der Waals surface area contributed by atoms with Crippen LogP contribution in [-0.4, -0.2) is 23.2 Å². The van der Waals surface area contributed by atoms with E-state index in [-0.39, 0.29) is 11.3 Å². The Hall–Kier alpha value is -1.96. The molecule has 0 saturated heterocycles. The van der Waals surface area contributed by atoms with Gasteiger partial charge in [0.1, 0.15) is 10.8 Å². The van der Waals surface area contributed by atoms with Crippen LogP contribution >= 0.6 is 11.8 Å². The average molecular weight is 330 g/mol. The number of aldehydes is 1. The molecule has 2 aromatic rings. The van der Waals surface area contributed by atoms with E-state index in [1.165, 1.54) is 14.2 Å². The van der Waals surface area contributed by atoms with Gasteiger partial charge in [-0.05, 0) is 6.07 Å². The van der Waals surface area contributed by atoms with Crippen molar-refractivity contribution in [2.24, 2.45) is 7.05 Å². The lowest BCUT2D eigenvalue weighted by Crippen LogP contribution is -2.09. The second-order valence-electron chi connectivity index (χ2n) is 4.41. The number of hydrogen-bond donors (Lipinski definition) is 0. The number of halogens is 3. The molecule has 0 unspecified atom stereocenters. The summed E-state index contributed by atoms with van der Waals surface area (Å²) in [6.45, 7) is 0. The number of carbonyl (C=O) groups is 1. The van der Waals surface area contributed by atoms with E-state index in [4.69, 9.17) is 4.74 Å². The van der Waals surface area contributed by atoms with Gasteiger partial charge >= 0.3 is 6.18 Å². The molecule has 1 aromatic carbocycles. The lowest BCUT2D eigenvalue weighted by Gasteiger charge is -2.08. The van der Waals surface area contributed by atoms with E-state index in [2.05, 4.69) is 5.10 Å². The Bertz CT molecular complexity index is 683. The highest BCUT2D eigenvalue weighted by Crippen LogP contribution is 2.36. The fourth-order valence-corrected chi connectivity index (χ4v) is 3.04. The molecule has 0 fully saturated rings. The number of rotatable bonds is 5. The van der Waals surface area contributed by atoms with Gasteiger partial charge in [-0.15, -0.1) is 11.8 Å². The van der Waals surface area contributed by atoms with Crippen molar-refractivity contribution in [2.45, 2.75) is 17.0 Å². The summed E-state index contributed by atoms with van der Waals surface area (Å²) >= 11 is 1.11. The summed E-state index contributed by atoms with van der Waals surface area (Å²) < 4.78 is 44.8. The van der Waals surface area contributed by atoms with Crippen molar-refractivity contribution < 1.29 is 22.7 Å². The summed E-state index contributed by atoms with van der Waals surface area (Å²) in [6.07, 6.45) is -4.46. The monoisotopic (exact) mass is 330 g/mol. The quantitative estimate of drug-likeness (QED) is 0.621. The van der Waals surface area contributed by atoms with E-state index in [0.717, 1.165) is 22.0 Å². The lowest BCUT2D eigenvalue weighted by molar-refractivity contribution is -0.141. The van der Waals surface area contributed by atoms with Gasteiger partial charge in [0.15, 0.2) is 12.0 Å². The molecule has 0 bridgehead atoms. The van der Waals surface area contributed by atoms with Crippen LogP contribution in [0.25, 0.3) is 0 Å². The van der Waals surface area contributed by atoms with Crippen LogP contribution in [0.4, 0.5) is 13.2 Å². The molecule has 0 spiro atoms. The van der Waals surface area contributed by atoms with Crippen molar-refractivity contribution in [2.75, 3.05) is 7.11 Å². The van der Waals surface area contributed by atoms with Gasteiger partial charge in [-0.3, -0.25) is 9.48 Å². The largest absolute Gasteiger partial charge is 0.496 e. The zero-order valence-electron chi connectivity index (χ0n) is 11.8. The molecular weight excluding hydrogens is 317 g/mol. The van der Waals surface area contributed by atoms with Crippen LogP contribution in [0.5, 0.6) is 5.75 Å². The Morgan fingerprint density at radius 2 is 2.05 bits per heavy atom. The molecule has 0 aliphatic rings. The molecule has 22 heavy (non-hydrogen) atoms. The van der Waals surface area contributed by atoms with E-state index in [1.807, 2.05) is 12.1 Å². The fourth-order valence-electron chi connectivity index (χ4n) is 1.98. The summed E-state index contributed by atoms with van der Waals surface area (Å²) in [4.78, 5) is 11.1. The summed E-state index contributed by atoms with van der Waals surface area (Å²) in [5.74, 6) is 1.00. The average Bonchev–Trinajstić information content (AvgIpc) is 2.81. The van der Waals surface area contributed by atoms with Gasteiger partial charge < -0.3 is 4.74 Å². The molecule has 0 radical (unpaired) electrons. The molecule has 0 amide bonds. The molecule has 4 nitrogen and oxygen atoms in total. The first-order valence-corrected chi connectivity index (χ1v) is 7.21. The van der Waals surface area contributed by atoms with E-state index in [9.17, 15) is 18.0 Å². The minimum Gasteiger partial charge on any atom is -0.496 e. The summed E-state index contributed by atoms with van der Waals surface area (Å²) in [7, 11) is 2.90. The van der Waals surface area contributed by atoms with Crippen LogP contribution in [0, 0.1) is 0 Å². The third kappa shape index (κ3) is 3.27. The van der Waals surface area contributed by atoms with Gasteiger partial charge in [-0.25, -0.2) is 0 Å². The number of nitrogens with zero attached hydrogens (tertiary/aromatic N) is 2. The van der Waals surface area contributed by atoms with Crippen molar-refractivity contribution in [3.8, 4) is 5.75 Å². The van der Waals surface area contributed by atoms with Gasteiger partial charge in [0, 0.05) is 18.4 Å². The third-order valence-electron chi connectivity index (χ3n) is 2.97. The van der Waals surface area contributed by atoms with E-state index in [0.29, 0.717) is 11.5 Å². The van der Waals surface area contributed by atoms with Crippen molar-refractivity contribution in [1.29, 1.82) is 0 Å². The predicted octanol–water partition coefficient (Wildman–Crippen LogP) is 3.55. The third-order valence-corrected chi connectivity index (χ3v) is 4.19. The van der Waals surface area contributed by atoms with Crippen molar-refractivity contribution >= 4 is 18.0 Å². The summed E-state index contributed by atoms with van der Waals surface area (Å²) in [5, 5.41) is 3.59. The Morgan fingerprint density at radius 3 is 2.64 bits per heavy atom. The molecular formula is C14H13F3N2O2S. The first-order chi connectivity index (χ1) is 10.4. The minimum atomic E-state index is -4.66. The number of carbonyl (C=O) groups excluding carboxylic acids is 1. The number of thioether (sulfide) groups is 1. The Labute approximate surface area is 129 Å². The number of benzene rings is 1. The zero-order chi connectivity index (χ0) is 16.3. The molecule has 1 aromatic heterocycles. The predicted molar refractivity (Wildman–Crippen MR) is 76.2 cm³/mol. The first kappa shape index (κ1) is 16.4. The van der Waals surface area contributed by atoms with Crippen LogP contribution in [0.15, 0.2) is 29.3 Å². The molecule has 2 rings (SSSR count). The number of aromatic nitrogens is 2. The van der Waals surface area contributed by atoms with Crippen LogP contribution in [0.2, 0.25) is 0 Å². The van der Waals surface area contributed by atoms with Gasteiger partial charge in [0.25, 0.3) is 0 Å². The number of para-hydroxylation sites is 1. The van der Waals surface area contributed by atoms with Crippen LogP contribution in [-0.2, 0) is 19.0 Å². The minimum absolute atomic E-state index is 0.174. The fraction of sp³-hybridized carbons (Fsp3) is 0.286. The summed E-state index contributed by atoms with van der Waals surface area (Å²) in [5.41, 5.74) is -0.774. The maximum absolute atomic E-state index is 12.8. The van der Waals surface area contributed by atoms with Gasteiger partial charge in [0.05, 0.1) is 12.7 Å². The molecule has 0 N–H and O–H groups in total. The second kappa shape index (κ2) is 6.43. The number of ether oxygens (including phenoxy) is 1. The maximum Gasteiger partial charge on any atom is 0.435 e. The van der Waals surface area contributed by atoms with Crippen molar-refractivity contribution in [3.63, 3.8) is 0 Å². The van der Waals surface area contributed by atoms with Crippen molar-refractivity contribution in [3.05, 3.63) is 41.1 Å². The van der Waals surface area contributed by atoms with E-state index >= 15 is 0 Å². The second-order valence-corrected chi connectivity index (χ2v) is 5.37. The topological polar surface area (TPSA) is 44.1 Å². The maximum atomic E-state index is 12.8. The molecule has 118 valence electrons. The molecule has 0 aliphatic carbocycles. The SMILES string of the molecule is COc1ccccc1CSc1c(C=O)c(C(F)(F)F)nn1C. The highest BCUT2D eigenvalue weighted by atomic mass is 32.2. The molecule has 1 heterocycles. The molecule has 0 atom stereocenters. The highest BCUT2D eigenvalue weighted by Gasteiger charge is 2.38. The smallest absolute Gasteiger partial charge is 0.435 e. The molecule has 0 saturated carbocycles. The highest BCUT2D eigenvalue weighted by molar-refractivity contribution is 7.98. The lowest BCUT2D eigenvalue weighted by atomic mass is 10.2. The zero-order valence-corrected chi connectivity index (χ0v) is 12.7. The molecule has 0 aliphatic heterocycles. The Balaban J connectivity index is 2.30. The first-order valence-electron chi connectivity index (χ1n) is 6.22. The van der Waals surface area contributed by atoms with Gasteiger partial charge in [0.2, 0.25) is 0 Å². The number of methoxy groups -OCH3 is 1. The Morgan fingerprint density at radius 1 is 1.36 bits per heavy atom. The van der Waals surface area contributed by atoms with Crippen LogP contribution < -0.4 is 4.74 Å². The van der Waals surface area contributed by atoms with Crippen LogP contribution in [0.3, 0.4) is 0 Å². The van der Waals surface area contributed by atoms with Gasteiger partial charge in [-0.2, -0.15) is 18.3 Å². The number of aryl methyl sites for hydroxylation is 1. The number of hydrogen-bond acceptors (Lipinski definition) is 4. The van der Waals surface area contributed by atoms with E-state index < -0.39 is 17.4 Å².